The van der Waals surface area contributed by atoms with Crippen LogP contribution in [0.25, 0.3) is 27.7 Å². The molecule has 182 valence electrons. The molecule has 0 aliphatic heterocycles. The third-order valence-electron chi connectivity index (χ3n) is 5.35. The summed E-state index contributed by atoms with van der Waals surface area (Å²) in [6.07, 6.45) is 1.24. The Hall–Kier alpha value is -2.93. The molecule has 0 fully saturated rings. The van der Waals surface area contributed by atoms with Crippen LogP contribution in [0.4, 0.5) is 4.79 Å². The minimum absolute atomic E-state index is 0.0246. The average Bonchev–Trinajstić information content (AvgIpc) is 3.08. The van der Waals surface area contributed by atoms with Crippen molar-refractivity contribution >= 4 is 51.8 Å². The molecule has 2 aromatic carbocycles. The minimum Gasteiger partial charge on any atom is -0.493 e. The number of halogens is 3. The second-order valence-electron chi connectivity index (χ2n) is 9.09. The van der Waals surface area contributed by atoms with Crippen LogP contribution in [0.2, 0.25) is 15.1 Å². The molecule has 0 aliphatic rings. The Bertz CT molecular complexity index is 1420. The molecule has 0 spiro atoms. The fourth-order valence-electron chi connectivity index (χ4n) is 3.85. The van der Waals surface area contributed by atoms with Crippen LogP contribution in [0.3, 0.4) is 0 Å². The first-order valence-electron chi connectivity index (χ1n) is 10.9. The summed E-state index contributed by atoms with van der Waals surface area (Å²) in [5.41, 5.74) is 3.27. The number of fused-ring (bicyclic) bond motifs is 1. The van der Waals surface area contributed by atoms with Crippen LogP contribution >= 0.6 is 34.8 Å². The van der Waals surface area contributed by atoms with E-state index >= 15 is 0 Å². The lowest BCUT2D eigenvalue weighted by Crippen LogP contribution is -2.32. The van der Waals surface area contributed by atoms with Gasteiger partial charge in [-0.3, -0.25) is 4.57 Å². The van der Waals surface area contributed by atoms with Crippen molar-refractivity contribution in [2.75, 3.05) is 0 Å². The van der Waals surface area contributed by atoms with Gasteiger partial charge in [0.25, 0.3) is 0 Å². The van der Waals surface area contributed by atoms with E-state index in [4.69, 9.17) is 39.5 Å². The molecule has 0 saturated carbocycles. The molecule has 0 saturated heterocycles. The predicted molar refractivity (Wildman–Crippen MR) is 141 cm³/mol. The summed E-state index contributed by atoms with van der Waals surface area (Å²) >= 11 is 18.8. The van der Waals surface area contributed by atoms with Gasteiger partial charge in [-0.1, -0.05) is 40.9 Å². The Morgan fingerprint density at radius 1 is 1.09 bits per heavy atom. The van der Waals surface area contributed by atoms with E-state index in [9.17, 15) is 9.90 Å². The quantitative estimate of drug-likeness (QED) is 0.282. The number of aromatic nitrogens is 2. The van der Waals surface area contributed by atoms with E-state index in [0.29, 0.717) is 42.9 Å². The van der Waals surface area contributed by atoms with Crippen LogP contribution in [0.5, 0.6) is 5.88 Å². The Balaban J connectivity index is 1.92. The molecule has 35 heavy (non-hydrogen) atoms. The molecule has 9 heteroatoms. The maximum absolute atomic E-state index is 12.4. The number of rotatable bonds is 4. The standard InChI is InChI=1S/C26H24Cl3N3O3/c1-14-19(12-30-25(34)35-26(2,3)4)22(18-10-7-16(28)11-21(18)29)20-13-32(24(33)23(20)31-14)17-8-5-15(27)6-9-17/h5-11,13,33H,12H2,1-4H3,(H,30,34). The van der Waals surface area contributed by atoms with Crippen LogP contribution in [0, 0.1) is 6.92 Å². The van der Waals surface area contributed by atoms with Crippen LogP contribution in [0.1, 0.15) is 32.0 Å². The third-order valence-corrected chi connectivity index (χ3v) is 6.15. The molecule has 0 bridgehead atoms. The molecule has 4 rings (SSSR count). The number of hydrogen-bond acceptors (Lipinski definition) is 4. The minimum atomic E-state index is -0.634. The van der Waals surface area contributed by atoms with E-state index in [1.807, 2.05) is 13.0 Å². The highest BCUT2D eigenvalue weighted by Gasteiger charge is 2.23. The zero-order chi connectivity index (χ0) is 25.5. The van der Waals surface area contributed by atoms with E-state index in [1.165, 1.54) is 0 Å². The Labute approximate surface area is 218 Å². The molecule has 6 nitrogen and oxygen atoms in total. The summed E-state index contributed by atoms with van der Waals surface area (Å²) < 4.78 is 7.02. The Morgan fingerprint density at radius 2 is 1.74 bits per heavy atom. The number of nitrogens with zero attached hydrogens (tertiary/aromatic N) is 2. The number of nitrogens with one attached hydrogen (secondary N) is 1. The monoisotopic (exact) mass is 531 g/mol. The summed E-state index contributed by atoms with van der Waals surface area (Å²) in [5.74, 6) is -0.0246. The van der Waals surface area contributed by atoms with Crippen molar-refractivity contribution in [1.29, 1.82) is 0 Å². The van der Waals surface area contributed by atoms with Crippen LogP contribution < -0.4 is 5.32 Å². The van der Waals surface area contributed by atoms with Crippen LogP contribution in [-0.4, -0.2) is 26.4 Å². The first kappa shape index (κ1) is 25.2. The summed E-state index contributed by atoms with van der Waals surface area (Å²) in [7, 11) is 0. The first-order valence-corrected chi connectivity index (χ1v) is 12.0. The highest BCUT2D eigenvalue weighted by molar-refractivity contribution is 6.36. The molecular formula is C26H24Cl3N3O3. The topological polar surface area (TPSA) is 76.4 Å². The lowest BCUT2D eigenvalue weighted by molar-refractivity contribution is 0.0523. The molecular weight excluding hydrogens is 509 g/mol. The van der Waals surface area contributed by atoms with E-state index < -0.39 is 11.7 Å². The number of carbonyl (C=O) groups excluding carboxylic acids is 1. The average molecular weight is 533 g/mol. The van der Waals surface area contributed by atoms with Crippen LogP contribution in [-0.2, 0) is 11.3 Å². The largest absolute Gasteiger partial charge is 0.493 e. The van der Waals surface area contributed by atoms with Gasteiger partial charge >= 0.3 is 6.09 Å². The van der Waals surface area contributed by atoms with Gasteiger partial charge in [-0.25, -0.2) is 9.78 Å². The van der Waals surface area contributed by atoms with Gasteiger partial charge in [-0.15, -0.1) is 0 Å². The van der Waals surface area contributed by atoms with Crippen molar-refractivity contribution in [3.05, 3.63) is 75.0 Å². The maximum atomic E-state index is 12.4. The number of aryl methyl sites for hydroxylation is 1. The number of ether oxygens (including phenoxy) is 1. The van der Waals surface area contributed by atoms with Gasteiger partial charge in [0.2, 0.25) is 5.88 Å². The molecule has 2 heterocycles. The van der Waals surface area contributed by atoms with Crippen molar-refractivity contribution in [3.8, 4) is 22.7 Å². The lowest BCUT2D eigenvalue weighted by Gasteiger charge is -2.21. The van der Waals surface area contributed by atoms with Crippen molar-refractivity contribution < 1.29 is 14.6 Å². The van der Waals surface area contributed by atoms with E-state index in [0.717, 1.165) is 11.1 Å². The smallest absolute Gasteiger partial charge is 0.407 e. The second-order valence-corrected chi connectivity index (χ2v) is 10.4. The number of aromatic hydroxyl groups is 1. The highest BCUT2D eigenvalue weighted by Crippen LogP contribution is 2.42. The molecule has 2 N–H and O–H groups in total. The molecule has 0 atom stereocenters. The lowest BCUT2D eigenvalue weighted by atomic mass is 9.95. The van der Waals surface area contributed by atoms with Gasteiger partial charge in [0.1, 0.15) is 11.1 Å². The number of alkyl carbamates (subject to hydrolysis) is 1. The fourth-order valence-corrected chi connectivity index (χ4v) is 4.48. The van der Waals surface area contributed by atoms with E-state index in [1.54, 1.807) is 67.9 Å². The van der Waals surface area contributed by atoms with Crippen molar-refractivity contribution in [1.82, 2.24) is 14.9 Å². The van der Waals surface area contributed by atoms with E-state index in [-0.39, 0.29) is 12.4 Å². The molecule has 2 aromatic heterocycles. The summed E-state index contributed by atoms with van der Waals surface area (Å²) in [6.45, 7) is 7.36. The third kappa shape index (κ3) is 5.35. The van der Waals surface area contributed by atoms with Gasteiger partial charge in [-0.05, 0) is 64.1 Å². The van der Waals surface area contributed by atoms with Crippen molar-refractivity contribution in [3.63, 3.8) is 0 Å². The first-order chi connectivity index (χ1) is 16.4. The number of pyridine rings is 1. The SMILES string of the molecule is Cc1nc2c(O)n(-c3ccc(Cl)cc3)cc2c(-c2ccc(Cl)cc2Cl)c1CNC(=O)OC(C)(C)C. The van der Waals surface area contributed by atoms with Gasteiger partial charge in [0.15, 0.2) is 0 Å². The van der Waals surface area contributed by atoms with Crippen molar-refractivity contribution in [2.45, 2.75) is 39.8 Å². The number of amides is 1. The second kappa shape index (κ2) is 9.61. The molecule has 0 unspecified atom stereocenters. The Kier molecular flexibility index (Phi) is 6.91. The highest BCUT2D eigenvalue weighted by atomic mass is 35.5. The van der Waals surface area contributed by atoms with E-state index in [2.05, 4.69) is 10.3 Å². The summed E-state index contributed by atoms with van der Waals surface area (Å²) in [4.78, 5) is 17.1. The van der Waals surface area contributed by atoms with Gasteiger partial charge in [-0.2, -0.15) is 0 Å². The van der Waals surface area contributed by atoms with Gasteiger partial charge in [0, 0.05) is 61.3 Å². The predicted octanol–water partition coefficient (Wildman–Crippen LogP) is 7.69. The zero-order valence-corrected chi connectivity index (χ0v) is 21.9. The molecule has 0 radical (unpaired) electrons. The molecule has 4 aromatic rings. The number of carbonyl (C=O) groups is 1. The zero-order valence-electron chi connectivity index (χ0n) is 19.6. The molecule has 0 aliphatic carbocycles. The molecule has 1 amide bonds. The Morgan fingerprint density at radius 3 is 2.37 bits per heavy atom. The van der Waals surface area contributed by atoms with Gasteiger partial charge < -0.3 is 15.2 Å². The number of benzene rings is 2. The summed E-state index contributed by atoms with van der Waals surface area (Å²) in [6, 6.07) is 12.3. The number of hydrogen-bond donors (Lipinski definition) is 2. The maximum Gasteiger partial charge on any atom is 0.407 e. The normalized spacial score (nSPS) is 11.6. The van der Waals surface area contributed by atoms with Crippen LogP contribution in [0.15, 0.2) is 48.7 Å². The summed E-state index contributed by atoms with van der Waals surface area (Å²) in [5, 5.41) is 16.1. The van der Waals surface area contributed by atoms with Crippen molar-refractivity contribution in [2.24, 2.45) is 0 Å². The fraction of sp³-hybridized carbons (Fsp3) is 0.231. The van der Waals surface area contributed by atoms with Gasteiger partial charge in [0.05, 0.1) is 0 Å².